The summed E-state index contributed by atoms with van der Waals surface area (Å²) in [5.41, 5.74) is 0. The number of hydroxylamine groups is 2. The smallest absolute Gasteiger partial charge is 0.345 e. The highest BCUT2D eigenvalue weighted by atomic mass is 16.7. The van der Waals surface area contributed by atoms with Crippen LogP contribution in [0.5, 0.6) is 0 Å². The first-order chi connectivity index (χ1) is 10.5. The fourth-order valence-corrected chi connectivity index (χ4v) is 3.11. The molecule has 4 amide bonds. The predicted molar refractivity (Wildman–Crippen MR) is 78.7 cm³/mol. The molecule has 22 heavy (non-hydrogen) atoms. The van der Waals surface area contributed by atoms with Crippen LogP contribution in [0.25, 0.3) is 0 Å². The Labute approximate surface area is 130 Å². The first-order valence-corrected chi connectivity index (χ1v) is 7.72. The number of nitrogens with zero attached hydrogens (tertiary/aromatic N) is 3. The number of fused-ring (bicyclic) bond motifs is 2. The highest BCUT2D eigenvalue weighted by molar-refractivity contribution is 5.91. The highest BCUT2D eigenvalue weighted by Gasteiger charge is 2.47. The third kappa shape index (κ3) is 3.01. The Morgan fingerprint density at radius 3 is 2.59 bits per heavy atom. The molecule has 0 aromatic heterocycles. The van der Waals surface area contributed by atoms with Gasteiger partial charge in [0, 0.05) is 19.6 Å². The standard InChI is InChI=1S/C14H24N4O4/c1-4-16(5-2)12(19)8-15-13(20)11-7-6-10-9-17(11)14(21)18(10)22-3/h10-11H,4-9H2,1-3H3,(H,15,20)/t10-,11+/m1/s1. The summed E-state index contributed by atoms with van der Waals surface area (Å²) < 4.78 is 0. The monoisotopic (exact) mass is 312 g/mol. The number of piperidine rings is 1. The molecule has 2 bridgehead atoms. The molecule has 0 aromatic rings. The Hall–Kier alpha value is -1.83. The maximum absolute atomic E-state index is 12.3. The topological polar surface area (TPSA) is 82.2 Å². The van der Waals surface area contributed by atoms with Crippen molar-refractivity contribution < 1.29 is 19.2 Å². The van der Waals surface area contributed by atoms with Crippen LogP contribution in [0.1, 0.15) is 26.7 Å². The molecular formula is C14H24N4O4. The summed E-state index contributed by atoms with van der Waals surface area (Å²) in [6.45, 7) is 5.48. The minimum Gasteiger partial charge on any atom is -0.345 e. The number of nitrogens with one attached hydrogen (secondary N) is 1. The van der Waals surface area contributed by atoms with Crippen LogP contribution in [-0.2, 0) is 14.4 Å². The van der Waals surface area contributed by atoms with Gasteiger partial charge in [0.2, 0.25) is 11.8 Å². The van der Waals surface area contributed by atoms with Crippen molar-refractivity contribution in [3.8, 4) is 0 Å². The molecule has 0 unspecified atom stereocenters. The van der Waals surface area contributed by atoms with Crippen LogP contribution in [0.4, 0.5) is 4.79 Å². The van der Waals surface area contributed by atoms with Crippen LogP contribution >= 0.6 is 0 Å². The van der Waals surface area contributed by atoms with Crippen LogP contribution in [0.2, 0.25) is 0 Å². The van der Waals surface area contributed by atoms with Gasteiger partial charge in [-0.2, -0.15) is 5.06 Å². The lowest BCUT2D eigenvalue weighted by atomic mass is 10.0. The average Bonchev–Trinajstić information content (AvgIpc) is 2.77. The predicted octanol–water partition coefficient (Wildman–Crippen LogP) is -0.199. The highest BCUT2D eigenvalue weighted by Crippen LogP contribution is 2.29. The Balaban J connectivity index is 1.91. The zero-order chi connectivity index (χ0) is 16.3. The van der Waals surface area contributed by atoms with Gasteiger partial charge in [0.15, 0.2) is 0 Å². The van der Waals surface area contributed by atoms with E-state index in [4.69, 9.17) is 4.84 Å². The first-order valence-electron chi connectivity index (χ1n) is 7.72. The first kappa shape index (κ1) is 16.5. The molecule has 0 radical (unpaired) electrons. The Morgan fingerprint density at radius 1 is 1.32 bits per heavy atom. The van der Waals surface area contributed by atoms with E-state index in [1.165, 1.54) is 17.1 Å². The molecule has 1 N–H and O–H groups in total. The lowest BCUT2D eigenvalue weighted by Gasteiger charge is -2.29. The number of urea groups is 1. The van der Waals surface area contributed by atoms with E-state index in [0.717, 1.165) is 6.42 Å². The summed E-state index contributed by atoms with van der Waals surface area (Å²) in [7, 11) is 1.46. The molecule has 0 spiro atoms. The van der Waals surface area contributed by atoms with E-state index in [0.29, 0.717) is 26.1 Å². The van der Waals surface area contributed by atoms with E-state index in [1.54, 1.807) is 4.90 Å². The van der Waals surface area contributed by atoms with Gasteiger partial charge in [0.05, 0.1) is 19.7 Å². The van der Waals surface area contributed by atoms with E-state index in [9.17, 15) is 14.4 Å². The third-order valence-electron chi connectivity index (χ3n) is 4.35. The Morgan fingerprint density at radius 2 is 2.00 bits per heavy atom. The molecule has 2 fully saturated rings. The van der Waals surface area contributed by atoms with Gasteiger partial charge in [0.1, 0.15) is 6.04 Å². The summed E-state index contributed by atoms with van der Waals surface area (Å²) >= 11 is 0. The summed E-state index contributed by atoms with van der Waals surface area (Å²) in [5, 5.41) is 3.98. The molecule has 0 saturated carbocycles. The van der Waals surface area contributed by atoms with Gasteiger partial charge >= 0.3 is 6.03 Å². The van der Waals surface area contributed by atoms with Gasteiger partial charge < -0.3 is 15.1 Å². The molecule has 2 atom stereocenters. The fraction of sp³-hybridized carbons (Fsp3) is 0.786. The van der Waals surface area contributed by atoms with Gasteiger partial charge in [-0.1, -0.05) is 0 Å². The van der Waals surface area contributed by atoms with Crippen LogP contribution in [-0.4, -0.2) is 78.1 Å². The Bertz CT molecular complexity index is 452. The van der Waals surface area contributed by atoms with Gasteiger partial charge in [-0.3, -0.25) is 14.4 Å². The summed E-state index contributed by atoms with van der Waals surface area (Å²) in [5.74, 6) is -0.386. The van der Waals surface area contributed by atoms with Crippen molar-refractivity contribution >= 4 is 17.8 Å². The minimum atomic E-state index is -0.520. The average molecular weight is 312 g/mol. The normalized spacial score (nSPS) is 23.7. The molecule has 124 valence electrons. The second-order valence-corrected chi connectivity index (χ2v) is 5.47. The largest absolute Gasteiger partial charge is 0.345 e. The summed E-state index contributed by atoms with van der Waals surface area (Å²) in [6, 6.07) is -0.785. The Kier molecular flexibility index (Phi) is 5.23. The number of hydrogen-bond acceptors (Lipinski definition) is 4. The van der Waals surface area contributed by atoms with Crippen LogP contribution in [0.3, 0.4) is 0 Å². The van der Waals surface area contributed by atoms with Crippen LogP contribution in [0, 0.1) is 0 Å². The molecule has 0 aliphatic carbocycles. The molecule has 8 heteroatoms. The maximum atomic E-state index is 12.3. The van der Waals surface area contributed by atoms with Crippen molar-refractivity contribution in [2.75, 3.05) is 33.3 Å². The number of carbonyl (C=O) groups is 3. The quantitative estimate of drug-likeness (QED) is 0.736. The molecule has 8 nitrogen and oxygen atoms in total. The number of carbonyl (C=O) groups excluding carboxylic acids is 3. The zero-order valence-corrected chi connectivity index (χ0v) is 13.4. The van der Waals surface area contributed by atoms with Crippen molar-refractivity contribution in [2.45, 2.75) is 38.8 Å². The number of amides is 4. The van der Waals surface area contributed by atoms with E-state index in [-0.39, 0.29) is 30.4 Å². The minimum absolute atomic E-state index is 0.0128. The second kappa shape index (κ2) is 6.95. The second-order valence-electron chi connectivity index (χ2n) is 5.47. The van der Waals surface area contributed by atoms with E-state index < -0.39 is 6.04 Å². The van der Waals surface area contributed by atoms with E-state index in [2.05, 4.69) is 5.32 Å². The zero-order valence-electron chi connectivity index (χ0n) is 13.4. The van der Waals surface area contributed by atoms with Crippen molar-refractivity contribution in [1.29, 1.82) is 0 Å². The van der Waals surface area contributed by atoms with E-state index >= 15 is 0 Å². The van der Waals surface area contributed by atoms with Gasteiger partial charge in [0.25, 0.3) is 0 Å². The molecule has 2 aliphatic heterocycles. The molecule has 2 rings (SSSR count). The van der Waals surface area contributed by atoms with Crippen LogP contribution in [0.15, 0.2) is 0 Å². The van der Waals surface area contributed by atoms with Gasteiger partial charge in [-0.15, -0.1) is 0 Å². The SMILES string of the molecule is CCN(CC)C(=O)CNC(=O)[C@@H]1CC[C@@H]2CN1C(=O)N2OC. The molecular weight excluding hydrogens is 288 g/mol. The lowest BCUT2D eigenvalue weighted by molar-refractivity contribution is -0.134. The lowest BCUT2D eigenvalue weighted by Crippen LogP contribution is -2.51. The van der Waals surface area contributed by atoms with Gasteiger partial charge in [-0.25, -0.2) is 4.79 Å². The van der Waals surface area contributed by atoms with Crippen molar-refractivity contribution in [2.24, 2.45) is 0 Å². The summed E-state index contributed by atoms with van der Waals surface area (Å²) in [4.78, 5) is 44.6. The summed E-state index contributed by atoms with van der Waals surface area (Å²) in [6.07, 6.45) is 1.31. The van der Waals surface area contributed by atoms with Crippen molar-refractivity contribution in [3.05, 3.63) is 0 Å². The molecule has 2 aliphatic rings. The maximum Gasteiger partial charge on any atom is 0.345 e. The number of rotatable bonds is 6. The van der Waals surface area contributed by atoms with E-state index in [1.807, 2.05) is 13.8 Å². The third-order valence-corrected chi connectivity index (χ3v) is 4.35. The molecule has 2 saturated heterocycles. The van der Waals surface area contributed by atoms with Gasteiger partial charge in [-0.05, 0) is 26.7 Å². The molecule has 2 heterocycles. The fourth-order valence-electron chi connectivity index (χ4n) is 3.11. The van der Waals surface area contributed by atoms with Crippen LogP contribution < -0.4 is 5.32 Å². The van der Waals surface area contributed by atoms with Crippen molar-refractivity contribution in [3.63, 3.8) is 0 Å². The number of hydrogen-bond donors (Lipinski definition) is 1. The molecule has 0 aromatic carbocycles. The number of likely N-dealkylation sites (N-methyl/N-ethyl adjacent to an activating group) is 1. The van der Waals surface area contributed by atoms with Crippen molar-refractivity contribution in [1.82, 2.24) is 20.2 Å².